The molecule has 0 N–H and O–H groups in total. The third-order valence-corrected chi connectivity index (χ3v) is 8.81. The zero-order valence-electron chi connectivity index (χ0n) is 11.4. The summed E-state index contributed by atoms with van der Waals surface area (Å²) in [6.07, 6.45) is 6.00. The Hall–Kier alpha value is 0.560. The molecule has 4 atom stereocenters. The van der Waals surface area contributed by atoms with E-state index in [-0.39, 0.29) is 9.49 Å². The van der Waals surface area contributed by atoms with Gasteiger partial charge in [-0.15, -0.1) is 0 Å². The van der Waals surface area contributed by atoms with Crippen LogP contribution in [0.3, 0.4) is 0 Å². The van der Waals surface area contributed by atoms with E-state index in [4.69, 9.17) is 0 Å². The standard InChI is InChI=1S/C14H24F2S2/c1-13(9-5-3-7-11(13)15)17-18-14(2)10-6-4-8-12(14)16/h11-12H,3-10H2,1-2H3. The lowest BCUT2D eigenvalue weighted by molar-refractivity contribution is 0.203. The topological polar surface area (TPSA) is 0 Å². The fourth-order valence-corrected chi connectivity index (χ4v) is 6.45. The van der Waals surface area contributed by atoms with Gasteiger partial charge in [0.15, 0.2) is 0 Å². The number of halogens is 2. The van der Waals surface area contributed by atoms with Crippen LogP contribution in [0.1, 0.15) is 65.2 Å². The van der Waals surface area contributed by atoms with Crippen LogP contribution in [0.5, 0.6) is 0 Å². The molecule has 106 valence electrons. The van der Waals surface area contributed by atoms with Gasteiger partial charge in [0.05, 0.1) is 9.49 Å². The van der Waals surface area contributed by atoms with Gasteiger partial charge < -0.3 is 0 Å². The van der Waals surface area contributed by atoms with Crippen LogP contribution in [0.15, 0.2) is 0 Å². The smallest absolute Gasteiger partial charge is 0.115 e. The second kappa shape index (κ2) is 5.90. The normalized spacial score (nSPS) is 46.0. The highest BCUT2D eigenvalue weighted by Crippen LogP contribution is 2.54. The average molecular weight is 294 g/mol. The van der Waals surface area contributed by atoms with Gasteiger partial charge in [-0.25, -0.2) is 8.78 Å². The molecule has 0 aliphatic heterocycles. The molecule has 2 fully saturated rings. The molecule has 0 aromatic rings. The maximum Gasteiger partial charge on any atom is 0.115 e. The van der Waals surface area contributed by atoms with Crippen LogP contribution in [-0.4, -0.2) is 21.8 Å². The summed E-state index contributed by atoms with van der Waals surface area (Å²) in [6, 6.07) is 0. The van der Waals surface area contributed by atoms with Gasteiger partial charge in [0.1, 0.15) is 12.3 Å². The van der Waals surface area contributed by atoms with Gasteiger partial charge in [0.25, 0.3) is 0 Å². The van der Waals surface area contributed by atoms with Crippen LogP contribution in [0.2, 0.25) is 0 Å². The lowest BCUT2D eigenvalue weighted by Gasteiger charge is -2.41. The molecule has 0 aromatic heterocycles. The Balaban J connectivity index is 1.93. The van der Waals surface area contributed by atoms with Crippen molar-refractivity contribution < 1.29 is 8.78 Å². The van der Waals surface area contributed by atoms with Gasteiger partial charge in [-0.05, 0) is 39.5 Å². The van der Waals surface area contributed by atoms with Gasteiger partial charge in [-0.3, -0.25) is 0 Å². The van der Waals surface area contributed by atoms with Crippen molar-refractivity contribution in [3.8, 4) is 0 Å². The highest BCUT2D eigenvalue weighted by molar-refractivity contribution is 8.77. The molecule has 0 saturated heterocycles. The summed E-state index contributed by atoms with van der Waals surface area (Å²) in [7, 11) is 3.24. The van der Waals surface area contributed by atoms with E-state index in [1.807, 2.05) is 13.8 Å². The summed E-state index contributed by atoms with van der Waals surface area (Å²) in [4.78, 5) is 0. The fraction of sp³-hybridized carbons (Fsp3) is 1.00. The molecule has 0 radical (unpaired) electrons. The lowest BCUT2D eigenvalue weighted by atomic mass is 9.88. The van der Waals surface area contributed by atoms with Crippen molar-refractivity contribution in [2.75, 3.05) is 0 Å². The monoisotopic (exact) mass is 294 g/mol. The Bertz CT molecular complexity index is 259. The molecule has 4 unspecified atom stereocenters. The minimum Gasteiger partial charge on any atom is -0.246 e. The fourth-order valence-electron chi connectivity index (χ4n) is 2.90. The predicted molar refractivity (Wildman–Crippen MR) is 78.7 cm³/mol. The third-order valence-electron chi connectivity index (χ3n) is 4.51. The second-order valence-corrected chi connectivity index (χ2v) is 9.42. The Morgan fingerprint density at radius 3 is 1.50 bits per heavy atom. The SMILES string of the molecule is CC1(SSC2(C)CCCCC2F)CCCCC1F. The van der Waals surface area contributed by atoms with Crippen molar-refractivity contribution in [1.82, 2.24) is 0 Å². The number of hydrogen-bond acceptors (Lipinski definition) is 2. The summed E-state index contributed by atoms with van der Waals surface area (Å²) in [5, 5.41) is 0. The zero-order chi connectivity index (χ0) is 13.2. The molecule has 0 amide bonds. The van der Waals surface area contributed by atoms with E-state index < -0.39 is 12.3 Å². The molecule has 2 aliphatic carbocycles. The first-order chi connectivity index (χ1) is 8.46. The Morgan fingerprint density at radius 2 is 1.17 bits per heavy atom. The predicted octanol–water partition coefficient (Wildman–Crippen LogP) is 5.71. The Morgan fingerprint density at radius 1 is 0.778 bits per heavy atom. The van der Waals surface area contributed by atoms with Crippen LogP contribution in [0.25, 0.3) is 0 Å². The van der Waals surface area contributed by atoms with Crippen molar-refractivity contribution in [3.63, 3.8) is 0 Å². The molecule has 4 heteroatoms. The number of hydrogen-bond donors (Lipinski definition) is 0. The van der Waals surface area contributed by atoms with E-state index in [1.165, 1.54) is 0 Å². The van der Waals surface area contributed by atoms with Crippen molar-refractivity contribution >= 4 is 21.6 Å². The number of rotatable bonds is 3. The average Bonchev–Trinajstić information content (AvgIpc) is 2.35. The Labute approximate surface area is 117 Å². The van der Waals surface area contributed by atoms with Crippen molar-refractivity contribution in [1.29, 1.82) is 0 Å². The molecule has 18 heavy (non-hydrogen) atoms. The van der Waals surface area contributed by atoms with Gasteiger partial charge in [-0.2, -0.15) is 0 Å². The third kappa shape index (κ3) is 3.17. The maximum absolute atomic E-state index is 14.1. The molecule has 0 spiro atoms. The highest BCUT2D eigenvalue weighted by Gasteiger charge is 2.43. The summed E-state index contributed by atoms with van der Waals surface area (Å²) in [5.74, 6) is 0. The molecule has 0 bridgehead atoms. The van der Waals surface area contributed by atoms with Crippen molar-refractivity contribution in [3.05, 3.63) is 0 Å². The van der Waals surface area contributed by atoms with E-state index >= 15 is 0 Å². The first kappa shape index (κ1) is 15.0. The van der Waals surface area contributed by atoms with Gasteiger partial charge >= 0.3 is 0 Å². The van der Waals surface area contributed by atoms with Crippen LogP contribution < -0.4 is 0 Å². The van der Waals surface area contributed by atoms with E-state index in [1.54, 1.807) is 21.6 Å². The summed E-state index contributed by atoms with van der Waals surface area (Å²) < 4.78 is 27.6. The van der Waals surface area contributed by atoms with Gasteiger partial charge in [-0.1, -0.05) is 47.3 Å². The first-order valence-electron chi connectivity index (χ1n) is 7.11. The minimum atomic E-state index is -0.728. The molecule has 2 aliphatic rings. The van der Waals surface area contributed by atoms with Crippen LogP contribution in [0, 0.1) is 0 Å². The van der Waals surface area contributed by atoms with Crippen LogP contribution in [0.4, 0.5) is 8.78 Å². The molecular formula is C14H24F2S2. The maximum atomic E-state index is 14.1. The second-order valence-electron chi connectivity index (χ2n) is 6.22. The molecule has 0 heterocycles. The highest BCUT2D eigenvalue weighted by atomic mass is 33.1. The quantitative estimate of drug-likeness (QED) is 0.611. The molecule has 2 saturated carbocycles. The van der Waals surface area contributed by atoms with E-state index in [0.717, 1.165) is 38.5 Å². The number of alkyl halides is 2. The van der Waals surface area contributed by atoms with E-state index in [0.29, 0.717) is 12.8 Å². The largest absolute Gasteiger partial charge is 0.246 e. The van der Waals surface area contributed by atoms with E-state index in [9.17, 15) is 8.78 Å². The Kier molecular flexibility index (Phi) is 4.91. The molecular weight excluding hydrogens is 270 g/mol. The molecule has 0 aromatic carbocycles. The van der Waals surface area contributed by atoms with Crippen LogP contribution in [-0.2, 0) is 0 Å². The van der Waals surface area contributed by atoms with Gasteiger partial charge in [0, 0.05) is 0 Å². The van der Waals surface area contributed by atoms with E-state index in [2.05, 4.69) is 0 Å². The van der Waals surface area contributed by atoms with Crippen LogP contribution >= 0.6 is 21.6 Å². The molecule has 2 rings (SSSR count). The zero-order valence-corrected chi connectivity index (χ0v) is 13.0. The summed E-state index contributed by atoms with van der Waals surface area (Å²) >= 11 is 0. The van der Waals surface area contributed by atoms with Crippen molar-refractivity contribution in [2.45, 2.75) is 87.1 Å². The van der Waals surface area contributed by atoms with Gasteiger partial charge in [0.2, 0.25) is 0 Å². The summed E-state index contributed by atoms with van der Waals surface area (Å²) in [6.45, 7) is 4.04. The first-order valence-corrected chi connectivity index (χ1v) is 9.26. The lowest BCUT2D eigenvalue weighted by Crippen LogP contribution is -2.39. The minimum absolute atomic E-state index is 0.302. The van der Waals surface area contributed by atoms with Crippen molar-refractivity contribution in [2.24, 2.45) is 0 Å². The summed E-state index contributed by atoms with van der Waals surface area (Å²) in [5.41, 5.74) is 0. The molecule has 0 nitrogen and oxygen atoms in total.